The van der Waals surface area contributed by atoms with Gasteiger partial charge in [-0.05, 0) is 0 Å². The van der Waals surface area contributed by atoms with Crippen molar-refractivity contribution in [3.05, 3.63) is 0 Å². The van der Waals surface area contributed by atoms with Gasteiger partial charge in [0.05, 0.1) is 0 Å². The highest BCUT2D eigenvalue weighted by Crippen LogP contribution is 2.29. The summed E-state index contributed by atoms with van der Waals surface area (Å²) in [6.45, 7) is 2.96. The first-order chi connectivity index (χ1) is 11.4. The van der Waals surface area contributed by atoms with Gasteiger partial charge >= 0.3 is 0 Å². The fourth-order valence-electron chi connectivity index (χ4n) is 1.90. The van der Waals surface area contributed by atoms with Gasteiger partial charge in [-0.15, -0.1) is 0 Å². The molecule has 18 heteroatoms. The molecular formula is C8H24N2O12P4-2. The van der Waals surface area contributed by atoms with Gasteiger partial charge in [-0.3, -0.25) is 0 Å². The molecule has 0 aromatic rings. The van der Waals surface area contributed by atoms with Crippen LogP contribution in [0.1, 0.15) is 13.8 Å². The topological polar surface area (TPSA) is 250 Å². The molecule has 0 amide bonds. The molecule has 0 spiro atoms. The molecule has 4 atom stereocenters. The van der Waals surface area contributed by atoms with Gasteiger partial charge in [-0.25, -0.2) is 0 Å². The minimum absolute atomic E-state index is 0.425. The molecule has 160 valence electrons. The summed E-state index contributed by atoms with van der Waals surface area (Å²) in [6, 6.07) is 0. The van der Waals surface area contributed by atoms with Crippen LogP contribution in [0.5, 0.6) is 0 Å². The number of rotatable bonds is 11. The SMILES string of the molecule is CC.O=P([O-])(O)C[NH+](CC[NH+](CP(=O)([O-])O)CP(=O)([O-])O)CP(=O)([O-])O. The lowest BCUT2D eigenvalue weighted by atomic mass is 10.5. The third-order valence-electron chi connectivity index (χ3n) is 2.53. The highest BCUT2D eigenvalue weighted by atomic mass is 31.2. The minimum Gasteiger partial charge on any atom is -0.775 e. The quantitative estimate of drug-likeness (QED) is 0.156. The van der Waals surface area contributed by atoms with Crippen LogP contribution in [0, 0.1) is 0 Å². The average Bonchev–Trinajstić information content (AvgIpc) is 2.30. The Bertz CT molecular complexity index is 490. The van der Waals surface area contributed by atoms with Gasteiger partial charge < -0.3 is 67.2 Å². The largest absolute Gasteiger partial charge is 0.775 e. The highest BCUT2D eigenvalue weighted by Gasteiger charge is 2.25. The van der Waals surface area contributed by atoms with Crippen molar-refractivity contribution in [2.45, 2.75) is 13.8 Å². The van der Waals surface area contributed by atoms with Crippen molar-refractivity contribution in [3.8, 4) is 0 Å². The van der Waals surface area contributed by atoms with E-state index in [2.05, 4.69) is 0 Å². The minimum atomic E-state index is -4.95. The summed E-state index contributed by atoms with van der Waals surface area (Å²) >= 11 is 0. The molecule has 0 aliphatic carbocycles. The van der Waals surface area contributed by atoms with Crippen molar-refractivity contribution in [3.63, 3.8) is 0 Å². The van der Waals surface area contributed by atoms with Crippen LogP contribution >= 0.6 is 30.4 Å². The van der Waals surface area contributed by atoms with E-state index >= 15 is 0 Å². The van der Waals surface area contributed by atoms with E-state index < -0.39 is 78.4 Å². The number of nitrogens with one attached hydrogen (secondary N) is 2. The van der Waals surface area contributed by atoms with Crippen molar-refractivity contribution >= 4 is 30.4 Å². The first kappa shape index (κ1) is 28.7. The summed E-state index contributed by atoms with van der Waals surface area (Å²) in [5.74, 6) is 0. The fraction of sp³-hybridized carbons (Fsp3) is 1.00. The van der Waals surface area contributed by atoms with Crippen molar-refractivity contribution in [2.24, 2.45) is 0 Å². The Labute approximate surface area is 150 Å². The van der Waals surface area contributed by atoms with E-state index in [9.17, 15) is 37.8 Å². The maximum atomic E-state index is 10.8. The van der Waals surface area contributed by atoms with Crippen LogP contribution in [-0.4, -0.2) is 57.8 Å². The van der Waals surface area contributed by atoms with Gasteiger partial charge in [0.15, 0.2) is 30.4 Å². The maximum absolute atomic E-state index is 10.8. The zero-order valence-corrected chi connectivity index (χ0v) is 17.7. The Morgan fingerprint density at radius 1 is 0.577 bits per heavy atom. The van der Waals surface area contributed by atoms with Gasteiger partial charge in [-0.1, -0.05) is 13.8 Å². The number of hydrogen-bond acceptors (Lipinski definition) is 8. The highest BCUT2D eigenvalue weighted by molar-refractivity contribution is 7.51. The molecule has 0 bridgehead atoms. The van der Waals surface area contributed by atoms with E-state index in [4.69, 9.17) is 19.6 Å². The van der Waals surface area contributed by atoms with Crippen LogP contribution in [0.4, 0.5) is 0 Å². The van der Waals surface area contributed by atoms with Gasteiger partial charge in [0.1, 0.15) is 38.2 Å². The van der Waals surface area contributed by atoms with Crippen LogP contribution in [0.3, 0.4) is 0 Å². The predicted molar refractivity (Wildman–Crippen MR) is 81.8 cm³/mol. The molecule has 0 aliphatic heterocycles. The first-order valence-corrected chi connectivity index (χ1v) is 14.2. The second kappa shape index (κ2) is 11.5. The van der Waals surface area contributed by atoms with Gasteiger partial charge in [0.25, 0.3) is 0 Å². The van der Waals surface area contributed by atoms with Crippen molar-refractivity contribution in [2.75, 3.05) is 38.2 Å². The third kappa shape index (κ3) is 20.8. The molecule has 0 radical (unpaired) electrons. The Hall–Kier alpha value is 0.520. The van der Waals surface area contributed by atoms with Gasteiger partial charge in [0, 0.05) is 0 Å². The van der Waals surface area contributed by atoms with E-state index in [0.717, 1.165) is 0 Å². The van der Waals surface area contributed by atoms with E-state index in [0.29, 0.717) is 0 Å². The van der Waals surface area contributed by atoms with E-state index in [1.807, 2.05) is 13.8 Å². The van der Waals surface area contributed by atoms with Crippen LogP contribution in [0.15, 0.2) is 0 Å². The van der Waals surface area contributed by atoms with Crippen LogP contribution in [0.2, 0.25) is 0 Å². The third-order valence-corrected chi connectivity index (χ3v) is 5.91. The fourth-order valence-corrected chi connectivity index (χ4v) is 5.59. The first-order valence-electron chi connectivity index (χ1n) is 7.15. The normalized spacial score (nSPS) is 23.2. The predicted octanol–water partition coefficient (Wildman–Crippen LogP) is -6.20. The van der Waals surface area contributed by atoms with Crippen LogP contribution in [0.25, 0.3) is 0 Å². The standard InChI is InChI=1S/C6H20N2O12P4.C2H6/c9-21(10,11)3-7(4-22(12,13)14)1-2-8(5-23(15,16)17)6-24(18,19)20;1-2/h1-6H2,(H2,9,10,11)(H2,12,13,14)(H2,15,16,17)(H2,18,19,20);1-2H3/p-2. The second-order valence-electron chi connectivity index (χ2n) is 5.18. The van der Waals surface area contributed by atoms with E-state index in [1.165, 1.54) is 0 Å². The van der Waals surface area contributed by atoms with Crippen LogP contribution in [-0.2, 0) is 18.3 Å². The monoisotopic (exact) mass is 464 g/mol. The molecule has 0 aromatic heterocycles. The molecule has 0 heterocycles. The van der Waals surface area contributed by atoms with E-state index in [-0.39, 0.29) is 0 Å². The van der Waals surface area contributed by atoms with Crippen molar-refractivity contribution < 1.29 is 67.2 Å². The van der Waals surface area contributed by atoms with Crippen molar-refractivity contribution in [1.82, 2.24) is 0 Å². The number of hydrogen-bond donors (Lipinski definition) is 6. The molecule has 0 saturated heterocycles. The lowest BCUT2D eigenvalue weighted by molar-refractivity contribution is -0.939. The number of quaternary nitrogens is 2. The van der Waals surface area contributed by atoms with E-state index in [1.54, 1.807) is 0 Å². The Balaban J connectivity index is 0. The summed E-state index contributed by atoms with van der Waals surface area (Å²) in [5.41, 5.74) is 0. The molecule has 0 saturated carbocycles. The molecule has 26 heavy (non-hydrogen) atoms. The van der Waals surface area contributed by atoms with Gasteiger partial charge in [0.2, 0.25) is 0 Å². The molecule has 6 N–H and O–H groups in total. The lowest BCUT2D eigenvalue weighted by Gasteiger charge is -2.31. The second-order valence-corrected chi connectivity index (χ2v) is 11.5. The molecule has 4 unspecified atom stereocenters. The average molecular weight is 464 g/mol. The Morgan fingerprint density at radius 3 is 0.846 bits per heavy atom. The maximum Gasteiger partial charge on any atom is 0.187 e. The molecule has 0 fully saturated rings. The van der Waals surface area contributed by atoms with Crippen molar-refractivity contribution in [1.29, 1.82) is 0 Å². The molecule has 0 aliphatic rings. The molecule has 0 rings (SSSR count). The smallest absolute Gasteiger partial charge is 0.187 e. The molecular weight excluding hydrogens is 440 g/mol. The Morgan fingerprint density at radius 2 is 0.731 bits per heavy atom. The summed E-state index contributed by atoms with van der Waals surface area (Å²) in [6.07, 6.45) is -4.52. The Kier molecular flexibility index (Phi) is 12.7. The summed E-state index contributed by atoms with van der Waals surface area (Å²) in [7, 11) is -19.8. The van der Waals surface area contributed by atoms with Crippen LogP contribution < -0.4 is 29.4 Å². The van der Waals surface area contributed by atoms with Gasteiger partial charge in [-0.2, -0.15) is 0 Å². The summed E-state index contributed by atoms with van der Waals surface area (Å²) < 4.78 is 43.4. The molecule has 14 nitrogen and oxygen atoms in total. The zero-order valence-electron chi connectivity index (χ0n) is 14.1. The zero-order chi connectivity index (χ0) is 21.4. The summed E-state index contributed by atoms with van der Waals surface area (Å²) in [5, 5.41) is 0. The lowest BCUT2D eigenvalue weighted by Crippen LogP contribution is -3.20. The summed E-state index contributed by atoms with van der Waals surface area (Å²) in [4.78, 5) is 77.5. The molecule has 0 aromatic carbocycles.